The van der Waals surface area contributed by atoms with Crippen molar-refractivity contribution in [2.75, 3.05) is 13.2 Å². The molecule has 0 saturated carbocycles. The Kier molecular flexibility index (Phi) is 8.95. The Bertz CT molecular complexity index is 990. The molecule has 2 aromatic carbocycles. The van der Waals surface area contributed by atoms with E-state index < -0.39 is 25.5 Å². The van der Waals surface area contributed by atoms with Gasteiger partial charge in [0.15, 0.2) is 0 Å². The molecular formula is C22H25N2O6P. The van der Waals surface area contributed by atoms with E-state index in [0.717, 1.165) is 0 Å². The highest BCUT2D eigenvalue weighted by Gasteiger charge is 2.25. The van der Waals surface area contributed by atoms with E-state index in [2.05, 4.69) is 5.32 Å². The van der Waals surface area contributed by atoms with E-state index in [-0.39, 0.29) is 31.4 Å². The molecule has 2 rings (SSSR count). The Morgan fingerprint density at radius 3 is 2.29 bits per heavy atom. The molecule has 164 valence electrons. The van der Waals surface area contributed by atoms with Gasteiger partial charge in [-0.15, -0.1) is 0 Å². The number of aliphatic carboxylic acids is 1. The summed E-state index contributed by atoms with van der Waals surface area (Å²) in [6.07, 6.45) is 0.115. The van der Waals surface area contributed by atoms with Crippen LogP contribution in [-0.2, 0) is 31.0 Å². The number of carboxylic acids is 1. The number of rotatable bonds is 11. The highest BCUT2D eigenvalue weighted by molar-refractivity contribution is 7.53. The summed E-state index contributed by atoms with van der Waals surface area (Å²) in [5.74, 6) is -1.73. The summed E-state index contributed by atoms with van der Waals surface area (Å²) >= 11 is 0. The molecule has 0 bridgehead atoms. The monoisotopic (exact) mass is 444 g/mol. The Labute approximate surface area is 181 Å². The number of benzene rings is 2. The molecule has 31 heavy (non-hydrogen) atoms. The number of nitrogens with one attached hydrogen (secondary N) is 1. The van der Waals surface area contributed by atoms with Gasteiger partial charge in [-0.2, -0.15) is 5.26 Å². The van der Waals surface area contributed by atoms with Gasteiger partial charge in [0.2, 0.25) is 0 Å². The molecule has 0 aliphatic heterocycles. The maximum atomic E-state index is 12.6. The number of amides is 1. The van der Waals surface area contributed by atoms with Crippen LogP contribution in [0, 0.1) is 11.3 Å². The Hall–Kier alpha value is -2.98. The first-order valence-electron chi connectivity index (χ1n) is 9.80. The third-order valence-corrected chi connectivity index (χ3v) is 6.40. The number of hydrogen-bond donors (Lipinski definition) is 2. The molecule has 0 aromatic heterocycles. The summed E-state index contributed by atoms with van der Waals surface area (Å²) in [7, 11) is -3.26. The van der Waals surface area contributed by atoms with E-state index in [9.17, 15) is 19.3 Å². The Morgan fingerprint density at radius 2 is 1.74 bits per heavy atom. The first kappa shape index (κ1) is 24.3. The molecule has 0 unspecified atom stereocenters. The molecule has 0 aliphatic rings. The zero-order valence-corrected chi connectivity index (χ0v) is 18.3. The van der Waals surface area contributed by atoms with Gasteiger partial charge in [-0.25, -0.2) is 4.79 Å². The van der Waals surface area contributed by atoms with Crippen molar-refractivity contribution in [3.8, 4) is 6.07 Å². The third kappa shape index (κ3) is 7.34. The molecule has 2 N–H and O–H groups in total. The Balaban J connectivity index is 2.08. The summed E-state index contributed by atoms with van der Waals surface area (Å²) in [5.41, 5.74) is 1.98. The van der Waals surface area contributed by atoms with Crippen molar-refractivity contribution in [2.45, 2.75) is 32.5 Å². The molecule has 0 aliphatic carbocycles. The molecule has 0 radical (unpaired) electrons. The number of nitrogens with zero attached hydrogens (tertiary/aromatic N) is 1. The molecule has 0 fully saturated rings. The van der Waals surface area contributed by atoms with Crippen molar-refractivity contribution in [1.29, 1.82) is 5.26 Å². The van der Waals surface area contributed by atoms with Crippen LogP contribution in [0.4, 0.5) is 0 Å². The van der Waals surface area contributed by atoms with Gasteiger partial charge >= 0.3 is 13.6 Å². The second-order valence-electron chi connectivity index (χ2n) is 6.68. The topological polar surface area (TPSA) is 126 Å². The normalized spacial score (nSPS) is 12.0. The van der Waals surface area contributed by atoms with Crippen LogP contribution in [-0.4, -0.2) is 36.2 Å². The molecule has 9 heteroatoms. The van der Waals surface area contributed by atoms with E-state index in [1.165, 1.54) is 12.1 Å². The lowest BCUT2D eigenvalue weighted by Gasteiger charge is -2.17. The molecule has 1 atom stereocenters. The minimum atomic E-state index is -3.26. The van der Waals surface area contributed by atoms with Gasteiger partial charge in [-0.1, -0.05) is 24.3 Å². The lowest BCUT2D eigenvalue weighted by atomic mass is 10.0. The predicted octanol–water partition coefficient (Wildman–Crippen LogP) is 3.75. The van der Waals surface area contributed by atoms with Gasteiger partial charge in [-0.3, -0.25) is 9.36 Å². The molecule has 1 amide bonds. The van der Waals surface area contributed by atoms with Crippen LogP contribution in [0.25, 0.3) is 0 Å². The highest BCUT2D eigenvalue weighted by atomic mass is 31.2. The summed E-state index contributed by atoms with van der Waals surface area (Å²) in [6, 6.07) is 13.7. The lowest BCUT2D eigenvalue weighted by molar-refractivity contribution is -0.139. The second-order valence-corrected chi connectivity index (χ2v) is 8.74. The largest absolute Gasteiger partial charge is 0.480 e. The number of carbonyl (C=O) groups is 2. The standard InChI is InChI=1S/C22H25N2O6P/c1-3-29-31(28,30-4-2)15-16-8-10-19(11-9-16)21(25)24-20(22(26)27)13-17-6-5-7-18(12-17)14-23/h5-12,20H,3-4,13,15H2,1-2H3,(H,24,25)(H,26,27)/t20-/m1/s1. The molecule has 0 heterocycles. The fourth-order valence-electron chi connectivity index (χ4n) is 2.95. The van der Waals surface area contributed by atoms with Crippen molar-refractivity contribution >= 4 is 19.5 Å². The van der Waals surface area contributed by atoms with Gasteiger partial charge in [0.1, 0.15) is 6.04 Å². The van der Waals surface area contributed by atoms with Crippen molar-refractivity contribution < 1.29 is 28.3 Å². The van der Waals surface area contributed by atoms with Crippen LogP contribution >= 0.6 is 7.60 Å². The lowest BCUT2D eigenvalue weighted by Crippen LogP contribution is -2.42. The minimum Gasteiger partial charge on any atom is -0.480 e. The number of carbonyl (C=O) groups excluding carboxylic acids is 1. The molecular weight excluding hydrogens is 419 g/mol. The van der Waals surface area contributed by atoms with E-state index in [4.69, 9.17) is 14.3 Å². The fraction of sp³-hybridized carbons (Fsp3) is 0.318. The number of carboxylic acid groups (broad SMARTS) is 1. The van der Waals surface area contributed by atoms with Crippen LogP contribution < -0.4 is 5.32 Å². The maximum Gasteiger partial charge on any atom is 0.335 e. The predicted molar refractivity (Wildman–Crippen MR) is 115 cm³/mol. The average molecular weight is 444 g/mol. The first-order valence-corrected chi connectivity index (χ1v) is 11.5. The van der Waals surface area contributed by atoms with Crippen molar-refractivity contribution in [1.82, 2.24) is 5.32 Å². The highest BCUT2D eigenvalue weighted by Crippen LogP contribution is 2.51. The summed E-state index contributed by atoms with van der Waals surface area (Å²) in [5, 5.41) is 21.0. The van der Waals surface area contributed by atoms with E-state index >= 15 is 0 Å². The number of nitriles is 1. The molecule has 2 aromatic rings. The van der Waals surface area contributed by atoms with Gasteiger partial charge in [-0.05, 0) is 49.2 Å². The van der Waals surface area contributed by atoms with Crippen molar-refractivity contribution in [3.05, 3.63) is 70.8 Å². The summed E-state index contributed by atoms with van der Waals surface area (Å²) < 4.78 is 23.2. The maximum absolute atomic E-state index is 12.6. The second kappa shape index (κ2) is 11.4. The molecule has 0 saturated heterocycles. The van der Waals surface area contributed by atoms with E-state index in [1.807, 2.05) is 6.07 Å². The Morgan fingerprint density at radius 1 is 1.10 bits per heavy atom. The SMILES string of the molecule is CCOP(=O)(Cc1ccc(C(=O)N[C@H](Cc2cccc(C#N)c2)C(=O)O)cc1)OCC. The van der Waals surface area contributed by atoms with Crippen LogP contribution in [0.15, 0.2) is 48.5 Å². The third-order valence-electron chi connectivity index (χ3n) is 4.34. The van der Waals surface area contributed by atoms with Gasteiger partial charge in [0, 0.05) is 12.0 Å². The van der Waals surface area contributed by atoms with Crippen molar-refractivity contribution in [3.63, 3.8) is 0 Å². The molecule has 8 nitrogen and oxygen atoms in total. The van der Waals surface area contributed by atoms with Crippen LogP contribution in [0.1, 0.15) is 40.9 Å². The smallest absolute Gasteiger partial charge is 0.335 e. The summed E-state index contributed by atoms with van der Waals surface area (Å²) in [6.45, 7) is 3.97. The van der Waals surface area contributed by atoms with E-state index in [1.54, 1.807) is 50.2 Å². The average Bonchev–Trinajstić information content (AvgIpc) is 2.74. The quantitative estimate of drug-likeness (QED) is 0.506. The van der Waals surface area contributed by atoms with Crippen molar-refractivity contribution in [2.24, 2.45) is 0 Å². The fourth-order valence-corrected chi connectivity index (χ4v) is 4.65. The zero-order chi connectivity index (χ0) is 22.9. The summed E-state index contributed by atoms with van der Waals surface area (Å²) in [4.78, 5) is 24.2. The molecule has 0 spiro atoms. The van der Waals surface area contributed by atoms with Gasteiger partial charge in [0.25, 0.3) is 5.91 Å². The van der Waals surface area contributed by atoms with Crippen LogP contribution in [0.2, 0.25) is 0 Å². The van der Waals surface area contributed by atoms with Crippen LogP contribution in [0.3, 0.4) is 0 Å². The van der Waals surface area contributed by atoms with E-state index in [0.29, 0.717) is 16.7 Å². The first-order chi connectivity index (χ1) is 14.8. The van der Waals surface area contributed by atoms with Gasteiger partial charge < -0.3 is 19.5 Å². The zero-order valence-electron chi connectivity index (χ0n) is 17.4. The van der Waals surface area contributed by atoms with Crippen LogP contribution in [0.5, 0.6) is 0 Å². The van der Waals surface area contributed by atoms with Gasteiger partial charge in [0.05, 0.1) is 31.0 Å². The number of hydrogen-bond acceptors (Lipinski definition) is 6. The minimum absolute atomic E-state index is 0.0422.